The molecule has 0 spiro atoms. The molecule has 0 atom stereocenters. The summed E-state index contributed by atoms with van der Waals surface area (Å²) in [6.07, 6.45) is 2.56. The van der Waals surface area contributed by atoms with Gasteiger partial charge >= 0.3 is 0 Å². The van der Waals surface area contributed by atoms with Gasteiger partial charge in [0.25, 0.3) is 0 Å². The lowest BCUT2D eigenvalue weighted by atomic mass is 9.96. The number of hydrogen-bond donors (Lipinski definition) is 0. The first-order chi connectivity index (χ1) is 19.0. The van der Waals surface area contributed by atoms with E-state index >= 15 is 0 Å². The summed E-state index contributed by atoms with van der Waals surface area (Å²) in [5, 5.41) is 0. The van der Waals surface area contributed by atoms with Gasteiger partial charge in [-0.25, -0.2) is 0 Å². The van der Waals surface area contributed by atoms with Gasteiger partial charge in [-0.3, -0.25) is 0 Å². The molecule has 0 unspecified atom stereocenters. The van der Waals surface area contributed by atoms with Gasteiger partial charge in [-0.2, -0.15) is 0 Å². The Morgan fingerprint density at radius 3 is 1.90 bits per heavy atom. The molecule has 0 fully saturated rings. The van der Waals surface area contributed by atoms with Crippen LogP contribution in [0.25, 0.3) is 11.1 Å². The van der Waals surface area contributed by atoms with Gasteiger partial charge in [0.2, 0.25) is 0 Å². The Bertz CT molecular complexity index is 1320. The third-order valence-electron chi connectivity index (χ3n) is 6.71. The summed E-state index contributed by atoms with van der Waals surface area (Å²) in [6, 6.07) is 27.3. The van der Waals surface area contributed by atoms with E-state index in [-0.39, 0.29) is 0 Å². The number of ether oxygens (including phenoxy) is 3. The van der Waals surface area contributed by atoms with Crippen LogP contribution in [0.2, 0.25) is 0 Å². The van der Waals surface area contributed by atoms with E-state index in [0.29, 0.717) is 13.2 Å². The normalized spacial score (nSPS) is 10.4. The van der Waals surface area contributed by atoms with Gasteiger partial charge in [0.1, 0.15) is 23.0 Å². The Balaban J connectivity index is 0.00000205. The second-order valence-corrected chi connectivity index (χ2v) is 9.50. The zero-order valence-electron chi connectivity index (χ0n) is 24.8. The molecule has 0 amide bonds. The highest BCUT2D eigenvalue weighted by atomic mass is 16.5. The van der Waals surface area contributed by atoms with E-state index in [0.717, 1.165) is 53.4 Å². The molecule has 4 rings (SSSR count). The van der Waals surface area contributed by atoms with Crippen LogP contribution in [0, 0.1) is 20.8 Å². The molecule has 0 radical (unpaired) electrons. The smallest absolute Gasteiger partial charge is 0.134 e. The molecule has 3 nitrogen and oxygen atoms in total. The first kappa shape index (κ1) is 29.8. The number of rotatable bonds is 11. The molecule has 4 aromatic carbocycles. The van der Waals surface area contributed by atoms with Crippen LogP contribution in [0.4, 0.5) is 0 Å². The molecule has 0 N–H and O–H groups in total. The fraction of sp³-hybridized carbons (Fsp3) is 0.333. The van der Waals surface area contributed by atoms with E-state index in [1.807, 2.05) is 50.2 Å². The van der Waals surface area contributed by atoms with Gasteiger partial charge in [0, 0.05) is 12.0 Å². The maximum absolute atomic E-state index is 6.24. The lowest BCUT2D eigenvalue weighted by molar-refractivity contribution is 0.244. The molecule has 4 aromatic rings. The number of aryl methyl sites for hydroxylation is 4. The summed E-state index contributed by atoms with van der Waals surface area (Å²) in [7, 11) is 0. The van der Waals surface area contributed by atoms with Crippen LogP contribution in [0.5, 0.6) is 23.0 Å². The van der Waals surface area contributed by atoms with Crippen molar-refractivity contribution in [3.8, 4) is 34.1 Å². The van der Waals surface area contributed by atoms with Crippen molar-refractivity contribution < 1.29 is 14.2 Å². The van der Waals surface area contributed by atoms with E-state index in [1.165, 1.54) is 27.8 Å². The maximum Gasteiger partial charge on any atom is 0.134 e. The second kappa shape index (κ2) is 15.0. The highest BCUT2D eigenvalue weighted by molar-refractivity contribution is 5.70. The Hall–Kier alpha value is -3.72. The van der Waals surface area contributed by atoms with E-state index in [9.17, 15) is 0 Å². The molecule has 0 bridgehead atoms. The third-order valence-corrected chi connectivity index (χ3v) is 6.71. The van der Waals surface area contributed by atoms with Crippen LogP contribution in [0.3, 0.4) is 0 Å². The minimum atomic E-state index is 0.586. The quantitative estimate of drug-likeness (QED) is 0.183. The first-order valence-corrected chi connectivity index (χ1v) is 14.3. The summed E-state index contributed by atoms with van der Waals surface area (Å²) in [6.45, 7) is 15.8. The number of hydrogen-bond acceptors (Lipinski definition) is 3. The largest absolute Gasteiger partial charge is 0.493 e. The molecule has 0 aliphatic carbocycles. The summed E-state index contributed by atoms with van der Waals surface area (Å²) in [5.41, 5.74) is 8.45. The van der Waals surface area contributed by atoms with Crippen LogP contribution < -0.4 is 14.2 Å². The highest BCUT2D eigenvalue weighted by Gasteiger charge is 2.12. The van der Waals surface area contributed by atoms with Crippen LogP contribution >= 0.6 is 0 Å². The molecular weight excluding hydrogens is 480 g/mol. The molecule has 0 saturated heterocycles. The van der Waals surface area contributed by atoms with Crippen LogP contribution in [0.15, 0.2) is 78.9 Å². The average molecular weight is 525 g/mol. The summed E-state index contributed by atoms with van der Waals surface area (Å²) in [4.78, 5) is 0. The van der Waals surface area contributed by atoms with Crippen molar-refractivity contribution in [3.63, 3.8) is 0 Å². The molecule has 0 heterocycles. The predicted molar refractivity (Wildman–Crippen MR) is 165 cm³/mol. The highest BCUT2D eigenvalue weighted by Crippen LogP contribution is 2.34. The van der Waals surface area contributed by atoms with E-state index in [2.05, 4.69) is 77.1 Å². The summed E-state index contributed by atoms with van der Waals surface area (Å²) >= 11 is 0. The van der Waals surface area contributed by atoms with Gasteiger partial charge in [0.05, 0.1) is 13.2 Å². The van der Waals surface area contributed by atoms with E-state index in [1.54, 1.807) is 0 Å². The van der Waals surface area contributed by atoms with Gasteiger partial charge in [-0.05, 0) is 91.8 Å². The SMILES string of the molecule is CC.CCc1cc(-c2ccc(C)cc2)c(C)cc1OCCCOc1cccc(Oc2ccccc2C)c1CC. The van der Waals surface area contributed by atoms with Crippen LogP contribution in [-0.4, -0.2) is 13.2 Å². The average Bonchev–Trinajstić information content (AvgIpc) is 2.96. The molecular formula is C36H44O3. The van der Waals surface area contributed by atoms with Gasteiger partial charge in [-0.1, -0.05) is 81.8 Å². The monoisotopic (exact) mass is 524 g/mol. The van der Waals surface area contributed by atoms with E-state index in [4.69, 9.17) is 14.2 Å². The Labute approximate surface area is 235 Å². The standard InChI is InChI=1S/C34H38O3.C2H6/c1-6-27-23-30(28-18-16-24(3)17-19-28)26(5)22-34(27)36-21-11-20-35-32-14-10-15-33(29(32)7-2)37-31-13-9-8-12-25(31)4;1-2/h8-10,12-19,22-23H,6-7,11,20-21H2,1-5H3;1-2H3. The predicted octanol–water partition coefficient (Wildman–Crippen LogP) is 10.1. The number of benzene rings is 4. The molecule has 206 valence electrons. The van der Waals surface area contributed by atoms with Gasteiger partial charge < -0.3 is 14.2 Å². The number of para-hydroxylation sites is 1. The first-order valence-electron chi connectivity index (χ1n) is 14.3. The van der Waals surface area contributed by atoms with Gasteiger partial charge in [0.15, 0.2) is 0 Å². The van der Waals surface area contributed by atoms with E-state index < -0.39 is 0 Å². The van der Waals surface area contributed by atoms with Crippen molar-refractivity contribution in [2.45, 2.75) is 67.7 Å². The summed E-state index contributed by atoms with van der Waals surface area (Å²) in [5.74, 6) is 3.57. The third kappa shape index (κ3) is 7.89. The minimum absolute atomic E-state index is 0.586. The topological polar surface area (TPSA) is 27.7 Å². The lowest BCUT2D eigenvalue weighted by Crippen LogP contribution is -2.07. The molecule has 3 heteroatoms. The zero-order valence-corrected chi connectivity index (χ0v) is 24.8. The minimum Gasteiger partial charge on any atom is -0.493 e. The van der Waals surface area contributed by atoms with Gasteiger partial charge in [-0.15, -0.1) is 0 Å². The molecule has 39 heavy (non-hydrogen) atoms. The van der Waals surface area contributed by atoms with Crippen LogP contribution in [-0.2, 0) is 12.8 Å². The van der Waals surface area contributed by atoms with Crippen molar-refractivity contribution in [2.24, 2.45) is 0 Å². The molecule has 0 aromatic heterocycles. The maximum atomic E-state index is 6.24. The zero-order chi connectivity index (χ0) is 28.2. The lowest BCUT2D eigenvalue weighted by Gasteiger charge is -2.17. The van der Waals surface area contributed by atoms with Crippen molar-refractivity contribution >= 4 is 0 Å². The van der Waals surface area contributed by atoms with Crippen molar-refractivity contribution in [3.05, 3.63) is 107 Å². The van der Waals surface area contributed by atoms with Crippen molar-refractivity contribution in [2.75, 3.05) is 13.2 Å². The second-order valence-electron chi connectivity index (χ2n) is 9.50. The fourth-order valence-corrected chi connectivity index (χ4v) is 4.52. The van der Waals surface area contributed by atoms with Crippen molar-refractivity contribution in [1.29, 1.82) is 0 Å². The summed E-state index contributed by atoms with van der Waals surface area (Å²) < 4.78 is 18.6. The fourth-order valence-electron chi connectivity index (χ4n) is 4.52. The molecule has 0 aliphatic heterocycles. The van der Waals surface area contributed by atoms with Crippen LogP contribution in [0.1, 0.15) is 61.9 Å². The molecule has 0 saturated carbocycles. The Kier molecular flexibility index (Phi) is 11.5. The van der Waals surface area contributed by atoms with Crippen molar-refractivity contribution in [1.82, 2.24) is 0 Å². The molecule has 0 aliphatic rings. The Morgan fingerprint density at radius 1 is 0.590 bits per heavy atom. The Morgan fingerprint density at radius 2 is 1.23 bits per heavy atom.